The zero-order valence-corrected chi connectivity index (χ0v) is 17.2. The molecule has 6 heteroatoms. The van der Waals surface area contributed by atoms with E-state index in [0.29, 0.717) is 29.7 Å². The van der Waals surface area contributed by atoms with Crippen LogP contribution < -0.4 is 14.9 Å². The summed E-state index contributed by atoms with van der Waals surface area (Å²) in [6, 6.07) is 9.39. The molecule has 2 aromatic rings. The summed E-state index contributed by atoms with van der Waals surface area (Å²) in [5.74, 6) is 1.12. The number of phenolic OH excluding ortho intramolecular Hbond substituents is 1. The number of benzene rings is 2. The predicted molar refractivity (Wildman–Crippen MR) is 115 cm³/mol. The average molecular weight is 396 g/mol. The Morgan fingerprint density at radius 3 is 2.66 bits per heavy atom. The monoisotopic (exact) mass is 396 g/mol. The van der Waals surface area contributed by atoms with Crippen molar-refractivity contribution in [1.29, 1.82) is 0 Å². The van der Waals surface area contributed by atoms with Gasteiger partial charge in [-0.1, -0.05) is 12.1 Å². The molecule has 0 aliphatic heterocycles. The van der Waals surface area contributed by atoms with Crippen LogP contribution in [-0.2, 0) is 17.6 Å². The summed E-state index contributed by atoms with van der Waals surface area (Å²) in [7, 11) is 3.13. The summed E-state index contributed by atoms with van der Waals surface area (Å²) >= 11 is 0. The fourth-order valence-electron chi connectivity index (χ4n) is 2.98. The van der Waals surface area contributed by atoms with Gasteiger partial charge in [0.2, 0.25) is 5.91 Å². The van der Waals surface area contributed by atoms with Gasteiger partial charge in [-0.15, -0.1) is 6.58 Å². The molecule has 2 rings (SSSR count). The molecule has 0 heterocycles. The first-order valence-corrected chi connectivity index (χ1v) is 9.44. The molecular weight excluding hydrogens is 368 g/mol. The highest BCUT2D eigenvalue weighted by molar-refractivity contribution is 5.83. The molecule has 0 aromatic heterocycles. The number of carbonyl (C=O) groups is 1. The number of nitrogens with one attached hydrogen (secondary N) is 1. The molecule has 0 saturated heterocycles. The average Bonchev–Trinajstić information content (AvgIpc) is 2.71. The number of hydrazone groups is 1. The van der Waals surface area contributed by atoms with E-state index in [2.05, 4.69) is 17.1 Å². The van der Waals surface area contributed by atoms with E-state index in [1.807, 2.05) is 25.1 Å². The molecule has 0 atom stereocenters. The molecule has 2 aromatic carbocycles. The third-order valence-corrected chi connectivity index (χ3v) is 4.56. The highest BCUT2D eigenvalue weighted by Crippen LogP contribution is 2.31. The number of nitrogens with zero attached hydrogens (tertiary/aromatic N) is 1. The van der Waals surface area contributed by atoms with E-state index in [1.54, 1.807) is 25.3 Å². The van der Waals surface area contributed by atoms with Crippen molar-refractivity contribution in [3.8, 4) is 17.2 Å². The minimum absolute atomic E-state index is 0.0856. The molecule has 0 fully saturated rings. The molecular formula is C23H28N2O4. The van der Waals surface area contributed by atoms with Crippen LogP contribution in [0.2, 0.25) is 0 Å². The van der Waals surface area contributed by atoms with Crippen molar-refractivity contribution in [3.05, 3.63) is 65.2 Å². The molecule has 0 saturated carbocycles. The second-order valence-corrected chi connectivity index (χ2v) is 6.66. The number of rotatable bonds is 10. The Morgan fingerprint density at radius 2 is 2.00 bits per heavy atom. The van der Waals surface area contributed by atoms with Crippen molar-refractivity contribution in [2.24, 2.45) is 5.10 Å². The van der Waals surface area contributed by atoms with Gasteiger partial charge in [0.05, 0.1) is 20.4 Å². The molecule has 0 radical (unpaired) electrons. The number of amides is 1. The second-order valence-electron chi connectivity index (χ2n) is 6.66. The van der Waals surface area contributed by atoms with Crippen LogP contribution in [0.5, 0.6) is 17.2 Å². The van der Waals surface area contributed by atoms with Gasteiger partial charge in [0.15, 0.2) is 11.5 Å². The van der Waals surface area contributed by atoms with Crippen molar-refractivity contribution >= 4 is 12.1 Å². The van der Waals surface area contributed by atoms with Crippen LogP contribution >= 0.6 is 0 Å². The standard InChI is InChI=1S/C23H28N2O4/c1-5-7-19-13-17(14-21(29-4)23(19)27)15-24-25-22(26)9-6-8-18-10-11-20(28-3)12-16(18)2/h5,10-15,27H,1,6-9H2,2-4H3,(H,25,26)/b24-15-. The van der Waals surface area contributed by atoms with Crippen LogP contribution in [0.4, 0.5) is 0 Å². The third-order valence-electron chi connectivity index (χ3n) is 4.56. The Bertz CT molecular complexity index is 891. The van der Waals surface area contributed by atoms with Crippen molar-refractivity contribution in [1.82, 2.24) is 5.43 Å². The Balaban J connectivity index is 1.88. The van der Waals surface area contributed by atoms with Crippen molar-refractivity contribution in [3.63, 3.8) is 0 Å². The third kappa shape index (κ3) is 6.38. The van der Waals surface area contributed by atoms with Crippen LogP contribution in [0, 0.1) is 6.92 Å². The Hall–Kier alpha value is -3.28. The number of allylic oxidation sites excluding steroid dienone is 1. The molecule has 1 amide bonds. The Labute approximate surface area is 171 Å². The lowest BCUT2D eigenvalue weighted by Crippen LogP contribution is -2.17. The lowest BCUT2D eigenvalue weighted by atomic mass is 10.0. The zero-order chi connectivity index (χ0) is 21.2. The van der Waals surface area contributed by atoms with Crippen molar-refractivity contribution < 1.29 is 19.4 Å². The van der Waals surface area contributed by atoms with Gasteiger partial charge in [-0.2, -0.15) is 5.10 Å². The number of aryl methyl sites for hydroxylation is 2. The van der Waals surface area contributed by atoms with Crippen LogP contribution in [0.3, 0.4) is 0 Å². The Morgan fingerprint density at radius 1 is 1.21 bits per heavy atom. The number of ether oxygens (including phenoxy) is 2. The van der Waals surface area contributed by atoms with Gasteiger partial charge >= 0.3 is 0 Å². The van der Waals surface area contributed by atoms with Crippen molar-refractivity contribution in [2.75, 3.05) is 14.2 Å². The molecule has 0 aliphatic rings. The number of methoxy groups -OCH3 is 2. The summed E-state index contributed by atoms with van der Waals surface area (Å²) in [6.45, 7) is 5.72. The maximum atomic E-state index is 12.0. The molecule has 154 valence electrons. The lowest BCUT2D eigenvalue weighted by Gasteiger charge is -2.09. The first-order valence-electron chi connectivity index (χ1n) is 9.44. The molecule has 2 N–H and O–H groups in total. The molecule has 0 unspecified atom stereocenters. The number of hydrogen-bond acceptors (Lipinski definition) is 5. The van der Waals surface area contributed by atoms with Crippen LogP contribution in [0.1, 0.15) is 35.1 Å². The first-order chi connectivity index (χ1) is 14.0. The second kappa shape index (κ2) is 10.9. The van der Waals surface area contributed by atoms with Gasteiger partial charge in [0.1, 0.15) is 5.75 Å². The first kappa shape index (κ1) is 22.0. The summed E-state index contributed by atoms with van der Waals surface area (Å²) in [4.78, 5) is 12.0. The summed E-state index contributed by atoms with van der Waals surface area (Å²) in [6.07, 6.45) is 5.64. The van der Waals surface area contributed by atoms with E-state index >= 15 is 0 Å². The molecule has 29 heavy (non-hydrogen) atoms. The van der Waals surface area contributed by atoms with E-state index in [4.69, 9.17) is 9.47 Å². The van der Waals surface area contributed by atoms with E-state index in [0.717, 1.165) is 24.2 Å². The number of aromatic hydroxyl groups is 1. The summed E-state index contributed by atoms with van der Waals surface area (Å²) < 4.78 is 10.4. The highest BCUT2D eigenvalue weighted by Gasteiger charge is 2.09. The van der Waals surface area contributed by atoms with Gasteiger partial charge in [0.25, 0.3) is 0 Å². The fraction of sp³-hybridized carbons (Fsp3) is 0.304. The summed E-state index contributed by atoms with van der Waals surface area (Å²) in [5.41, 5.74) is 6.29. The van der Waals surface area contributed by atoms with Crippen LogP contribution in [-0.4, -0.2) is 31.4 Å². The van der Waals surface area contributed by atoms with E-state index in [-0.39, 0.29) is 11.7 Å². The Kier molecular flexibility index (Phi) is 8.27. The smallest absolute Gasteiger partial charge is 0.240 e. The molecule has 0 spiro atoms. The fourth-order valence-corrected chi connectivity index (χ4v) is 2.98. The SMILES string of the molecule is C=CCc1cc(/C=N\NC(=O)CCCc2ccc(OC)cc2C)cc(OC)c1O. The van der Waals surface area contributed by atoms with Gasteiger partial charge in [0, 0.05) is 12.0 Å². The minimum Gasteiger partial charge on any atom is -0.504 e. The number of hydrogen-bond donors (Lipinski definition) is 2. The predicted octanol–water partition coefficient (Wildman–Crippen LogP) is 3.92. The normalized spacial score (nSPS) is 10.7. The van der Waals surface area contributed by atoms with E-state index < -0.39 is 0 Å². The van der Waals surface area contributed by atoms with Crippen LogP contribution in [0.15, 0.2) is 48.1 Å². The molecule has 6 nitrogen and oxygen atoms in total. The molecule has 0 bridgehead atoms. The molecule has 0 aliphatic carbocycles. The largest absolute Gasteiger partial charge is 0.504 e. The number of phenols is 1. The highest BCUT2D eigenvalue weighted by atomic mass is 16.5. The van der Waals surface area contributed by atoms with E-state index in [9.17, 15) is 9.90 Å². The minimum atomic E-state index is -0.149. The van der Waals surface area contributed by atoms with Gasteiger partial charge in [-0.3, -0.25) is 4.79 Å². The van der Waals surface area contributed by atoms with E-state index in [1.165, 1.54) is 18.9 Å². The maximum Gasteiger partial charge on any atom is 0.240 e. The quantitative estimate of drug-likeness (QED) is 0.362. The van der Waals surface area contributed by atoms with Crippen LogP contribution in [0.25, 0.3) is 0 Å². The van der Waals surface area contributed by atoms with Gasteiger partial charge < -0.3 is 14.6 Å². The van der Waals surface area contributed by atoms with Gasteiger partial charge in [-0.05, 0) is 67.1 Å². The maximum absolute atomic E-state index is 12.0. The topological polar surface area (TPSA) is 80.2 Å². The van der Waals surface area contributed by atoms with Crippen molar-refractivity contribution in [2.45, 2.75) is 32.6 Å². The lowest BCUT2D eigenvalue weighted by molar-refractivity contribution is -0.121. The van der Waals surface area contributed by atoms with Gasteiger partial charge in [-0.25, -0.2) is 5.43 Å². The zero-order valence-electron chi connectivity index (χ0n) is 17.2. The summed E-state index contributed by atoms with van der Waals surface area (Å²) in [5, 5.41) is 14.1. The number of carbonyl (C=O) groups excluding carboxylic acids is 1.